The predicted octanol–water partition coefficient (Wildman–Crippen LogP) is 4.01. The molecule has 6 nitrogen and oxygen atoms in total. The fraction of sp³-hybridized carbons (Fsp3) is 0.632. The van der Waals surface area contributed by atoms with Crippen LogP contribution in [0.1, 0.15) is 59.2 Å². The van der Waals surface area contributed by atoms with E-state index in [1.807, 2.05) is 28.8 Å². The van der Waals surface area contributed by atoms with Gasteiger partial charge in [0, 0.05) is 19.3 Å². The third-order valence-electron chi connectivity index (χ3n) is 4.30. The summed E-state index contributed by atoms with van der Waals surface area (Å²) in [6.45, 7) is 11.2. The highest BCUT2D eigenvalue weighted by atomic mass is 127. The smallest absolute Gasteiger partial charge is 0.191 e. The maximum absolute atomic E-state index is 4.68. The van der Waals surface area contributed by atoms with Crippen molar-refractivity contribution in [2.75, 3.05) is 13.1 Å². The molecule has 2 N–H and O–H groups in total. The summed E-state index contributed by atoms with van der Waals surface area (Å²) in [5.41, 5.74) is 1.11. The average molecular weight is 472 g/mol. The van der Waals surface area contributed by atoms with Gasteiger partial charge in [-0.15, -0.1) is 34.2 Å². The Kier molecular flexibility index (Phi) is 9.90. The van der Waals surface area contributed by atoms with Crippen LogP contribution >= 0.6 is 24.0 Å². The zero-order chi connectivity index (χ0) is 18.1. The van der Waals surface area contributed by atoms with Crippen LogP contribution in [-0.2, 0) is 6.54 Å². The molecule has 2 heterocycles. The highest BCUT2D eigenvalue weighted by Gasteiger charge is 2.17. The van der Waals surface area contributed by atoms with Crippen LogP contribution in [-0.4, -0.2) is 33.6 Å². The maximum atomic E-state index is 4.68. The van der Waals surface area contributed by atoms with Crippen LogP contribution in [0.15, 0.2) is 29.4 Å². The monoisotopic (exact) mass is 472 g/mol. The van der Waals surface area contributed by atoms with Crippen molar-refractivity contribution in [1.82, 2.24) is 25.2 Å². The topological polar surface area (TPSA) is 66.6 Å². The van der Waals surface area contributed by atoms with E-state index in [2.05, 4.69) is 53.5 Å². The molecule has 0 aliphatic carbocycles. The van der Waals surface area contributed by atoms with Gasteiger partial charge >= 0.3 is 0 Å². The van der Waals surface area contributed by atoms with Crippen molar-refractivity contribution >= 4 is 35.6 Å². The summed E-state index contributed by atoms with van der Waals surface area (Å²) >= 11 is 0. The first-order valence-corrected chi connectivity index (χ1v) is 9.36. The lowest BCUT2D eigenvalue weighted by Gasteiger charge is -2.26. The highest BCUT2D eigenvalue weighted by Crippen LogP contribution is 2.22. The molecule has 2 aromatic rings. The highest BCUT2D eigenvalue weighted by molar-refractivity contribution is 14.0. The first-order chi connectivity index (χ1) is 12.1. The minimum Gasteiger partial charge on any atom is -0.357 e. The molecule has 0 fully saturated rings. The van der Waals surface area contributed by atoms with Crippen LogP contribution in [0.5, 0.6) is 0 Å². The molecule has 7 heteroatoms. The van der Waals surface area contributed by atoms with Crippen molar-refractivity contribution < 1.29 is 0 Å². The van der Waals surface area contributed by atoms with Crippen molar-refractivity contribution in [2.24, 2.45) is 10.4 Å². The van der Waals surface area contributed by atoms with Crippen molar-refractivity contribution in [3.8, 4) is 0 Å². The van der Waals surface area contributed by atoms with Crippen LogP contribution in [0.2, 0.25) is 0 Å². The van der Waals surface area contributed by atoms with Gasteiger partial charge in [-0.1, -0.05) is 46.1 Å². The summed E-state index contributed by atoms with van der Waals surface area (Å²) in [6.07, 6.45) is 7.04. The second kappa shape index (κ2) is 11.4. The molecule has 0 saturated carbocycles. The molecular weight excluding hydrogens is 439 g/mol. The van der Waals surface area contributed by atoms with Gasteiger partial charge in [0.2, 0.25) is 0 Å². The van der Waals surface area contributed by atoms with E-state index in [0.717, 1.165) is 30.5 Å². The molecule has 0 amide bonds. The fourth-order valence-corrected chi connectivity index (χ4v) is 2.76. The molecule has 0 radical (unpaired) electrons. The number of aliphatic imine (C=N–C) groups is 1. The zero-order valence-corrected chi connectivity index (χ0v) is 18.8. The van der Waals surface area contributed by atoms with Gasteiger partial charge in [0.15, 0.2) is 17.4 Å². The summed E-state index contributed by atoms with van der Waals surface area (Å²) in [5, 5.41) is 15.2. The van der Waals surface area contributed by atoms with E-state index in [4.69, 9.17) is 0 Å². The summed E-state index contributed by atoms with van der Waals surface area (Å²) in [6, 6.07) is 5.89. The Hall–Kier alpha value is -1.38. The minimum atomic E-state index is 0. The van der Waals surface area contributed by atoms with Gasteiger partial charge in [-0.3, -0.25) is 4.40 Å². The first kappa shape index (κ1) is 22.7. The number of aromatic nitrogens is 3. The molecule has 2 rings (SSSR count). The average Bonchev–Trinajstić information content (AvgIpc) is 3.01. The van der Waals surface area contributed by atoms with Crippen molar-refractivity contribution in [3.63, 3.8) is 0 Å². The van der Waals surface area contributed by atoms with Crippen molar-refractivity contribution in [3.05, 3.63) is 30.2 Å². The molecule has 0 atom stereocenters. The van der Waals surface area contributed by atoms with Gasteiger partial charge in [0.05, 0.1) is 0 Å². The summed E-state index contributed by atoms with van der Waals surface area (Å²) in [7, 11) is 0. The number of halogens is 1. The lowest BCUT2D eigenvalue weighted by Crippen LogP contribution is -2.42. The zero-order valence-electron chi connectivity index (χ0n) is 16.5. The van der Waals surface area contributed by atoms with Crippen LogP contribution in [0, 0.1) is 5.41 Å². The van der Waals surface area contributed by atoms with E-state index in [1.54, 1.807) is 0 Å². The van der Waals surface area contributed by atoms with Crippen LogP contribution in [0.3, 0.4) is 0 Å². The van der Waals surface area contributed by atoms with E-state index in [0.29, 0.717) is 6.54 Å². The Balaban J connectivity index is 0.00000338. The summed E-state index contributed by atoms with van der Waals surface area (Å²) in [5.74, 6) is 1.67. The lowest BCUT2D eigenvalue weighted by atomic mass is 9.87. The normalized spacial score (nSPS) is 12.1. The van der Waals surface area contributed by atoms with E-state index in [-0.39, 0.29) is 29.4 Å². The van der Waals surface area contributed by atoms with Crippen molar-refractivity contribution in [2.45, 2.75) is 59.9 Å². The fourth-order valence-electron chi connectivity index (χ4n) is 2.76. The number of nitrogens with zero attached hydrogens (tertiary/aromatic N) is 4. The van der Waals surface area contributed by atoms with Gasteiger partial charge in [-0.2, -0.15) is 0 Å². The van der Waals surface area contributed by atoms with E-state index in [9.17, 15) is 0 Å². The number of hydrogen-bond acceptors (Lipinski definition) is 3. The summed E-state index contributed by atoms with van der Waals surface area (Å²) in [4.78, 5) is 4.68. The second-order valence-corrected chi connectivity index (χ2v) is 7.22. The van der Waals surface area contributed by atoms with Gasteiger partial charge in [-0.05, 0) is 30.9 Å². The Labute approximate surface area is 174 Å². The van der Waals surface area contributed by atoms with Crippen LogP contribution in [0.25, 0.3) is 5.65 Å². The molecule has 0 saturated heterocycles. The third-order valence-corrected chi connectivity index (χ3v) is 4.30. The molecule has 0 bridgehead atoms. The van der Waals surface area contributed by atoms with Gasteiger partial charge < -0.3 is 10.6 Å². The number of hydrogen-bond donors (Lipinski definition) is 2. The molecule has 26 heavy (non-hydrogen) atoms. The molecule has 2 aromatic heterocycles. The molecule has 0 spiro atoms. The van der Waals surface area contributed by atoms with Gasteiger partial charge in [0.1, 0.15) is 6.54 Å². The Morgan fingerprint density at radius 1 is 1.15 bits per heavy atom. The standard InChI is InChI=1S/C19H32N6.HI/c1-5-7-9-12-19(3,4)15-22-18(20-6-2)21-14-17-24-23-16-11-8-10-13-25(16)17;/h8,10-11,13H,5-7,9,12,14-15H2,1-4H3,(H2,20,21,22);1H. The quantitative estimate of drug-likeness (QED) is 0.251. The SMILES string of the molecule is CCCCCC(C)(C)CNC(=NCc1nnc2ccccn12)NCC.I. The first-order valence-electron chi connectivity index (χ1n) is 9.36. The van der Waals surface area contributed by atoms with Gasteiger partial charge in [0.25, 0.3) is 0 Å². The van der Waals surface area contributed by atoms with Crippen LogP contribution < -0.4 is 10.6 Å². The summed E-state index contributed by atoms with van der Waals surface area (Å²) < 4.78 is 1.97. The van der Waals surface area contributed by atoms with E-state index >= 15 is 0 Å². The van der Waals surface area contributed by atoms with Crippen LogP contribution in [0.4, 0.5) is 0 Å². The maximum Gasteiger partial charge on any atom is 0.191 e. The Morgan fingerprint density at radius 3 is 2.69 bits per heavy atom. The third kappa shape index (κ3) is 7.09. The largest absolute Gasteiger partial charge is 0.357 e. The molecule has 0 aliphatic rings. The number of nitrogens with one attached hydrogen (secondary N) is 2. The van der Waals surface area contributed by atoms with E-state index < -0.39 is 0 Å². The second-order valence-electron chi connectivity index (χ2n) is 7.22. The predicted molar refractivity (Wildman–Crippen MR) is 119 cm³/mol. The van der Waals surface area contributed by atoms with Crippen molar-refractivity contribution in [1.29, 1.82) is 0 Å². The molecule has 0 aliphatic heterocycles. The Bertz CT molecular complexity index is 679. The molecule has 0 unspecified atom stereocenters. The number of pyridine rings is 1. The lowest BCUT2D eigenvalue weighted by molar-refractivity contribution is 0.318. The van der Waals surface area contributed by atoms with Gasteiger partial charge in [-0.25, -0.2) is 4.99 Å². The van der Waals surface area contributed by atoms with E-state index in [1.165, 1.54) is 25.7 Å². The number of unbranched alkanes of at least 4 members (excludes halogenated alkanes) is 2. The minimum absolute atomic E-state index is 0. The number of rotatable bonds is 9. The number of guanidine groups is 1. The molecule has 146 valence electrons. The molecule has 0 aromatic carbocycles. The molecular formula is C19H33IN6. The number of fused-ring (bicyclic) bond motifs is 1. The Morgan fingerprint density at radius 2 is 1.96 bits per heavy atom.